The van der Waals surface area contributed by atoms with Crippen molar-refractivity contribution in [3.63, 3.8) is 0 Å². The summed E-state index contributed by atoms with van der Waals surface area (Å²) in [7, 11) is 0. The molecule has 0 unspecified atom stereocenters. The quantitative estimate of drug-likeness (QED) is 0.427. The van der Waals surface area contributed by atoms with Crippen molar-refractivity contribution in [2.24, 2.45) is 0 Å². The molecule has 0 aromatic carbocycles. The fourth-order valence-corrected chi connectivity index (χ4v) is 1.17. The van der Waals surface area contributed by atoms with Gasteiger partial charge in [0.15, 0.2) is 0 Å². The Labute approximate surface area is 73.2 Å². The summed E-state index contributed by atoms with van der Waals surface area (Å²) >= 11 is 0. The van der Waals surface area contributed by atoms with Crippen molar-refractivity contribution in [1.29, 1.82) is 0 Å². The summed E-state index contributed by atoms with van der Waals surface area (Å²) in [4.78, 5) is 21.7. The van der Waals surface area contributed by atoms with Crippen LogP contribution in [0.2, 0.25) is 0 Å². The van der Waals surface area contributed by atoms with Gasteiger partial charge in [-0.1, -0.05) is 0 Å². The van der Waals surface area contributed by atoms with Crippen molar-refractivity contribution in [2.45, 2.75) is 6.42 Å². The molecule has 1 saturated heterocycles. The number of carbonyl (C=O) groups excluding carboxylic acids is 2. The van der Waals surface area contributed by atoms with Crippen LogP contribution in [-0.4, -0.2) is 23.7 Å². The second kappa shape index (κ2) is 2.62. The molecule has 0 spiro atoms. The predicted octanol–water partition coefficient (Wildman–Crippen LogP) is 0.186. The van der Waals surface area contributed by atoms with E-state index in [0.29, 0.717) is 18.6 Å². The zero-order valence-corrected chi connectivity index (χ0v) is 6.57. The highest BCUT2D eigenvalue weighted by Crippen LogP contribution is 2.24. The number of allylic oxidation sites excluding steroid dienone is 1. The first-order valence-corrected chi connectivity index (χ1v) is 3.71. The Morgan fingerprint density at radius 1 is 1.31 bits per heavy atom. The highest BCUT2D eigenvalue weighted by molar-refractivity contribution is 5.96. The van der Waals surface area contributed by atoms with E-state index < -0.39 is 17.7 Å². The van der Waals surface area contributed by atoms with Gasteiger partial charge in [0.05, 0.1) is 12.2 Å². The summed E-state index contributed by atoms with van der Waals surface area (Å²) in [6.45, 7) is 0.295. The molecule has 1 N–H and O–H groups in total. The molecule has 13 heavy (non-hydrogen) atoms. The number of cyclic esters (lactones) is 2. The van der Waals surface area contributed by atoms with Crippen LogP contribution in [0.15, 0.2) is 23.2 Å². The molecule has 0 saturated carbocycles. The summed E-state index contributed by atoms with van der Waals surface area (Å²) in [5.41, 5.74) is 0.303. The van der Waals surface area contributed by atoms with Crippen LogP contribution >= 0.6 is 0 Å². The lowest BCUT2D eigenvalue weighted by Crippen LogP contribution is -2.01. The van der Waals surface area contributed by atoms with Crippen LogP contribution in [0.1, 0.15) is 6.42 Å². The third-order valence-electron chi connectivity index (χ3n) is 1.81. The van der Waals surface area contributed by atoms with Gasteiger partial charge in [-0.15, -0.1) is 0 Å². The van der Waals surface area contributed by atoms with Gasteiger partial charge in [0, 0.05) is 12.5 Å². The van der Waals surface area contributed by atoms with Gasteiger partial charge in [-0.05, 0) is 0 Å². The number of hydrogen-bond acceptors (Lipinski definition) is 5. The molecule has 2 aliphatic rings. The van der Waals surface area contributed by atoms with E-state index in [1.54, 1.807) is 0 Å². The first-order valence-electron chi connectivity index (χ1n) is 3.71. The summed E-state index contributed by atoms with van der Waals surface area (Å²) < 4.78 is 9.27. The number of esters is 2. The number of carbonyl (C=O) groups is 2. The lowest BCUT2D eigenvalue weighted by molar-refractivity contribution is -0.136. The van der Waals surface area contributed by atoms with Crippen molar-refractivity contribution in [3.05, 3.63) is 23.2 Å². The van der Waals surface area contributed by atoms with Gasteiger partial charge in [-0.3, -0.25) is 0 Å². The second-order valence-corrected chi connectivity index (χ2v) is 2.65. The monoisotopic (exact) mass is 182 g/mol. The molecule has 68 valence electrons. The van der Waals surface area contributed by atoms with Crippen LogP contribution in [-0.2, 0) is 19.1 Å². The average molecular weight is 182 g/mol. The van der Waals surface area contributed by atoms with Crippen LogP contribution in [0.4, 0.5) is 0 Å². The largest absolute Gasteiger partial charge is 0.502 e. The molecule has 5 heteroatoms. The van der Waals surface area contributed by atoms with Gasteiger partial charge in [0.2, 0.25) is 5.76 Å². The van der Waals surface area contributed by atoms with Crippen LogP contribution in [0.5, 0.6) is 0 Å². The van der Waals surface area contributed by atoms with E-state index >= 15 is 0 Å². The van der Waals surface area contributed by atoms with Gasteiger partial charge in [-0.25, -0.2) is 9.59 Å². The number of rotatable bonds is 0. The summed E-state index contributed by atoms with van der Waals surface area (Å²) in [5.74, 6) is -1.71. The van der Waals surface area contributed by atoms with Gasteiger partial charge >= 0.3 is 11.9 Å². The number of hydrogen-bond donors (Lipinski definition) is 1. The number of ether oxygens (including phenoxy) is 2. The van der Waals surface area contributed by atoms with E-state index in [2.05, 4.69) is 9.47 Å². The first-order chi connectivity index (χ1) is 6.18. The van der Waals surface area contributed by atoms with Crippen molar-refractivity contribution in [1.82, 2.24) is 0 Å². The minimum absolute atomic E-state index is 0.102. The maximum absolute atomic E-state index is 11.0. The number of aliphatic hydroxyl groups is 1. The first kappa shape index (κ1) is 7.85. The zero-order valence-electron chi connectivity index (χ0n) is 6.57. The topological polar surface area (TPSA) is 72.8 Å². The van der Waals surface area contributed by atoms with E-state index in [-0.39, 0.29) is 5.76 Å². The maximum Gasteiger partial charge on any atom is 0.378 e. The molecular weight excluding hydrogens is 176 g/mol. The van der Waals surface area contributed by atoms with Crippen LogP contribution in [0.25, 0.3) is 0 Å². The Hall–Kier alpha value is -1.78. The van der Waals surface area contributed by atoms with Gasteiger partial charge in [-0.2, -0.15) is 0 Å². The maximum atomic E-state index is 11.0. The molecule has 0 amide bonds. The van der Waals surface area contributed by atoms with Gasteiger partial charge in [0.25, 0.3) is 0 Å². The van der Waals surface area contributed by atoms with E-state index in [4.69, 9.17) is 5.11 Å². The minimum Gasteiger partial charge on any atom is -0.502 e. The summed E-state index contributed by atoms with van der Waals surface area (Å²) in [6.07, 6.45) is 1.54. The Morgan fingerprint density at radius 3 is 2.54 bits per heavy atom. The normalized spacial score (nSPS) is 27.2. The standard InChI is InChI=1S/C8H6O5/c9-5-3-6(13-8(5)11)4-1-2-12-7(4)10/h3,9H,1-2H2/b6-4+. The lowest BCUT2D eigenvalue weighted by Gasteiger charge is -1.96. The summed E-state index contributed by atoms with van der Waals surface area (Å²) in [5, 5.41) is 8.91. The fraction of sp³-hybridized carbons (Fsp3) is 0.250. The Morgan fingerprint density at radius 2 is 2.08 bits per heavy atom. The molecule has 0 aromatic rings. The van der Waals surface area contributed by atoms with Crippen molar-refractivity contribution >= 4 is 11.9 Å². The van der Waals surface area contributed by atoms with E-state index in [1.165, 1.54) is 0 Å². The molecular formula is C8H6O5. The Balaban J connectivity index is 2.36. The minimum atomic E-state index is -0.831. The smallest absolute Gasteiger partial charge is 0.378 e. The zero-order chi connectivity index (χ0) is 9.42. The van der Waals surface area contributed by atoms with Crippen LogP contribution in [0.3, 0.4) is 0 Å². The van der Waals surface area contributed by atoms with E-state index in [9.17, 15) is 9.59 Å². The number of aliphatic hydroxyl groups excluding tert-OH is 1. The predicted molar refractivity (Wildman–Crippen MR) is 39.4 cm³/mol. The van der Waals surface area contributed by atoms with Crippen LogP contribution < -0.4 is 0 Å². The lowest BCUT2D eigenvalue weighted by atomic mass is 10.2. The fourth-order valence-electron chi connectivity index (χ4n) is 1.17. The molecule has 2 heterocycles. The van der Waals surface area contributed by atoms with E-state index in [0.717, 1.165) is 6.08 Å². The van der Waals surface area contributed by atoms with Crippen molar-refractivity contribution < 1.29 is 24.2 Å². The van der Waals surface area contributed by atoms with Gasteiger partial charge < -0.3 is 14.6 Å². The third-order valence-corrected chi connectivity index (χ3v) is 1.81. The Bertz CT molecular complexity index is 350. The molecule has 0 aliphatic carbocycles. The third kappa shape index (κ3) is 1.18. The molecule has 1 fully saturated rings. The Kier molecular flexibility index (Phi) is 1.58. The van der Waals surface area contributed by atoms with Crippen molar-refractivity contribution in [3.8, 4) is 0 Å². The molecule has 0 bridgehead atoms. The molecule has 2 aliphatic heterocycles. The van der Waals surface area contributed by atoms with Crippen LogP contribution in [0, 0.1) is 0 Å². The molecule has 5 nitrogen and oxygen atoms in total. The second-order valence-electron chi connectivity index (χ2n) is 2.65. The SMILES string of the molecule is O=C1O/C(=C2\CCOC2=O)C=C1O. The molecule has 0 atom stereocenters. The summed E-state index contributed by atoms with van der Waals surface area (Å²) in [6, 6.07) is 0. The highest BCUT2D eigenvalue weighted by atomic mass is 16.6. The van der Waals surface area contributed by atoms with Gasteiger partial charge in [0.1, 0.15) is 5.76 Å². The molecule has 0 aromatic heterocycles. The highest BCUT2D eigenvalue weighted by Gasteiger charge is 2.29. The van der Waals surface area contributed by atoms with E-state index in [1.807, 2.05) is 0 Å². The van der Waals surface area contributed by atoms with Crippen molar-refractivity contribution in [2.75, 3.05) is 6.61 Å². The molecule has 0 radical (unpaired) electrons. The average Bonchev–Trinajstić information content (AvgIpc) is 2.60. The molecule has 2 rings (SSSR count).